The Balaban J connectivity index is 1.96. The van der Waals surface area contributed by atoms with E-state index in [4.69, 9.17) is 10.2 Å². The van der Waals surface area contributed by atoms with Crippen LogP contribution in [0.3, 0.4) is 0 Å². The number of ketones is 1. The van der Waals surface area contributed by atoms with Crippen LogP contribution in [-0.2, 0) is 0 Å². The van der Waals surface area contributed by atoms with Crippen LogP contribution in [0.1, 0.15) is 78.3 Å². The third-order valence-corrected chi connectivity index (χ3v) is 4.61. The number of hydrogen-bond acceptors (Lipinski definition) is 6. The third kappa shape index (κ3) is 3.20. The highest BCUT2D eigenvalue weighted by atomic mass is 16.4. The van der Waals surface area contributed by atoms with Gasteiger partial charge in [0.1, 0.15) is 11.3 Å². The van der Waals surface area contributed by atoms with Gasteiger partial charge in [-0.05, 0) is 45.9 Å². The minimum absolute atomic E-state index is 0.00453. The molecule has 9 nitrogen and oxygen atoms in total. The first-order chi connectivity index (χ1) is 13.5. The van der Waals surface area contributed by atoms with Crippen molar-refractivity contribution < 1.29 is 28.4 Å². The number of nitrogens with zero attached hydrogens (tertiary/aromatic N) is 1. The van der Waals surface area contributed by atoms with E-state index >= 15 is 0 Å². The van der Waals surface area contributed by atoms with E-state index in [0.717, 1.165) is 4.90 Å². The van der Waals surface area contributed by atoms with Crippen molar-refractivity contribution in [2.75, 3.05) is 5.32 Å². The number of hydrogen-bond donors (Lipinski definition) is 2. The molecular formula is C20H19N3O6. The van der Waals surface area contributed by atoms with Crippen LogP contribution in [0, 0.1) is 6.92 Å². The molecule has 0 unspecified atom stereocenters. The molecule has 29 heavy (non-hydrogen) atoms. The minimum atomic E-state index is -0.926. The number of carbonyl (C=O) groups excluding carboxylic acids is 5. The van der Waals surface area contributed by atoms with E-state index in [9.17, 15) is 24.0 Å². The molecular weight excluding hydrogens is 378 g/mol. The van der Waals surface area contributed by atoms with Gasteiger partial charge in [0.15, 0.2) is 5.78 Å². The first-order valence-corrected chi connectivity index (χ1v) is 8.82. The molecule has 0 radical (unpaired) electrons. The van der Waals surface area contributed by atoms with Crippen molar-refractivity contribution in [1.82, 2.24) is 4.90 Å². The molecule has 3 rings (SSSR count). The molecule has 1 aromatic heterocycles. The molecule has 9 heteroatoms. The van der Waals surface area contributed by atoms with E-state index in [-0.39, 0.29) is 45.5 Å². The number of benzene rings is 1. The number of nitrogens with one attached hydrogen (secondary N) is 1. The lowest BCUT2D eigenvalue weighted by molar-refractivity contribution is 0.0608. The van der Waals surface area contributed by atoms with Crippen molar-refractivity contribution >= 4 is 35.3 Å². The van der Waals surface area contributed by atoms with Crippen molar-refractivity contribution in [2.24, 2.45) is 5.73 Å². The van der Waals surface area contributed by atoms with Gasteiger partial charge >= 0.3 is 0 Å². The van der Waals surface area contributed by atoms with Gasteiger partial charge in [-0.2, -0.15) is 0 Å². The molecule has 3 N–H and O–H groups in total. The molecule has 0 fully saturated rings. The maximum atomic E-state index is 12.7. The van der Waals surface area contributed by atoms with Crippen molar-refractivity contribution in [3.63, 3.8) is 0 Å². The predicted octanol–water partition coefficient (Wildman–Crippen LogP) is 2.15. The van der Waals surface area contributed by atoms with Crippen LogP contribution in [-0.4, -0.2) is 40.4 Å². The fourth-order valence-electron chi connectivity index (χ4n) is 3.34. The van der Waals surface area contributed by atoms with Gasteiger partial charge in [0.25, 0.3) is 23.6 Å². The number of rotatable bonds is 5. The number of imide groups is 1. The third-order valence-electron chi connectivity index (χ3n) is 4.61. The second kappa shape index (κ2) is 7.01. The maximum absolute atomic E-state index is 12.7. The second-order valence-corrected chi connectivity index (χ2v) is 6.95. The molecule has 0 bridgehead atoms. The van der Waals surface area contributed by atoms with Gasteiger partial charge in [-0.15, -0.1) is 0 Å². The zero-order valence-electron chi connectivity index (χ0n) is 16.3. The second-order valence-electron chi connectivity index (χ2n) is 6.95. The van der Waals surface area contributed by atoms with Crippen LogP contribution in [0.4, 0.5) is 5.88 Å². The predicted molar refractivity (Wildman–Crippen MR) is 102 cm³/mol. The summed E-state index contributed by atoms with van der Waals surface area (Å²) in [6, 6.07) is 3.76. The molecule has 4 amide bonds. The molecule has 0 atom stereocenters. The van der Waals surface area contributed by atoms with Crippen molar-refractivity contribution in [3.05, 3.63) is 51.8 Å². The van der Waals surface area contributed by atoms with E-state index < -0.39 is 29.4 Å². The fraction of sp³-hybridized carbons (Fsp3) is 0.250. The van der Waals surface area contributed by atoms with E-state index in [1.165, 1.54) is 32.0 Å². The fourth-order valence-corrected chi connectivity index (χ4v) is 3.34. The zero-order valence-corrected chi connectivity index (χ0v) is 16.3. The summed E-state index contributed by atoms with van der Waals surface area (Å²) >= 11 is 0. The lowest BCUT2D eigenvalue weighted by atomic mass is 10.0. The number of fused-ring (bicyclic) bond motifs is 1. The lowest BCUT2D eigenvalue weighted by Gasteiger charge is -2.17. The van der Waals surface area contributed by atoms with Crippen molar-refractivity contribution in [2.45, 2.75) is 33.7 Å². The Morgan fingerprint density at radius 3 is 2.24 bits per heavy atom. The standard InChI is InChI=1S/C20H19N3O6/c1-8(2)23-19(27)12-6-5-11(7-13(12)20(23)28)17(26)22-18-15(16(21)25)14(9(3)24)10(4)29-18/h5-8H,1-4H3,(H2,21,25)(H,22,26). The summed E-state index contributed by atoms with van der Waals surface area (Å²) in [6.07, 6.45) is 0. The molecule has 1 aliphatic rings. The Bertz CT molecular complexity index is 1100. The smallest absolute Gasteiger partial charge is 0.261 e. The van der Waals surface area contributed by atoms with Crippen LogP contribution < -0.4 is 11.1 Å². The molecule has 0 spiro atoms. The van der Waals surface area contributed by atoms with Crippen LogP contribution in [0.2, 0.25) is 0 Å². The number of primary amides is 1. The highest BCUT2D eigenvalue weighted by Gasteiger charge is 2.37. The maximum Gasteiger partial charge on any atom is 0.261 e. The van der Waals surface area contributed by atoms with Gasteiger partial charge in [-0.1, -0.05) is 0 Å². The zero-order chi connectivity index (χ0) is 21.6. The summed E-state index contributed by atoms with van der Waals surface area (Å²) < 4.78 is 5.36. The monoisotopic (exact) mass is 397 g/mol. The molecule has 0 saturated heterocycles. The number of anilines is 1. The van der Waals surface area contributed by atoms with Crippen molar-refractivity contribution in [1.29, 1.82) is 0 Å². The van der Waals surface area contributed by atoms with Crippen LogP contribution in [0.5, 0.6) is 0 Å². The Kier molecular flexibility index (Phi) is 4.83. The Hall–Kier alpha value is -3.75. The molecule has 2 heterocycles. The largest absolute Gasteiger partial charge is 0.444 e. The first kappa shape index (κ1) is 20.0. The van der Waals surface area contributed by atoms with Gasteiger partial charge in [0.2, 0.25) is 5.88 Å². The summed E-state index contributed by atoms with van der Waals surface area (Å²) in [4.78, 5) is 62.2. The minimum Gasteiger partial charge on any atom is -0.444 e. The quantitative estimate of drug-likeness (QED) is 0.585. The summed E-state index contributed by atoms with van der Waals surface area (Å²) in [7, 11) is 0. The van der Waals surface area contributed by atoms with Gasteiger partial charge in [0, 0.05) is 11.6 Å². The molecule has 0 aliphatic carbocycles. The first-order valence-electron chi connectivity index (χ1n) is 8.82. The number of carbonyl (C=O) groups is 5. The normalized spacial score (nSPS) is 13.1. The molecule has 2 aromatic rings. The Morgan fingerprint density at radius 1 is 1.07 bits per heavy atom. The topological polar surface area (TPSA) is 140 Å². The molecule has 1 aromatic carbocycles. The van der Waals surface area contributed by atoms with Gasteiger partial charge in [-0.3, -0.25) is 34.2 Å². The van der Waals surface area contributed by atoms with Gasteiger partial charge in [-0.25, -0.2) is 0 Å². The summed E-state index contributed by atoms with van der Waals surface area (Å²) in [5, 5.41) is 2.41. The van der Waals surface area contributed by atoms with Crippen LogP contribution in [0.25, 0.3) is 0 Å². The number of Topliss-reactive ketones (excluding diaryl/α,β-unsaturated/α-hetero) is 1. The Morgan fingerprint density at radius 2 is 1.69 bits per heavy atom. The number of amides is 4. The number of nitrogens with two attached hydrogens (primary N) is 1. The average molecular weight is 397 g/mol. The Labute approximate surface area is 165 Å². The lowest BCUT2D eigenvalue weighted by Crippen LogP contribution is -2.35. The van der Waals surface area contributed by atoms with Gasteiger partial charge < -0.3 is 10.2 Å². The average Bonchev–Trinajstić information content (AvgIpc) is 3.08. The van der Waals surface area contributed by atoms with E-state index in [0.29, 0.717) is 0 Å². The van der Waals surface area contributed by atoms with Crippen LogP contribution in [0.15, 0.2) is 22.6 Å². The van der Waals surface area contributed by atoms with Crippen molar-refractivity contribution in [3.8, 4) is 0 Å². The SMILES string of the molecule is CC(=O)c1c(C)oc(NC(=O)c2ccc3c(c2)C(=O)N(C(C)C)C3=O)c1C(N)=O. The highest BCUT2D eigenvalue weighted by Crippen LogP contribution is 2.29. The molecule has 1 aliphatic heterocycles. The van der Waals surface area contributed by atoms with E-state index in [2.05, 4.69) is 5.32 Å². The highest BCUT2D eigenvalue weighted by molar-refractivity contribution is 6.22. The van der Waals surface area contributed by atoms with Gasteiger partial charge in [0.05, 0.1) is 16.7 Å². The molecule has 0 saturated carbocycles. The molecule has 150 valence electrons. The van der Waals surface area contributed by atoms with E-state index in [1.807, 2.05) is 0 Å². The van der Waals surface area contributed by atoms with E-state index in [1.54, 1.807) is 13.8 Å². The summed E-state index contributed by atoms with van der Waals surface area (Å²) in [5.41, 5.74) is 5.52. The number of furan rings is 1. The number of aryl methyl sites for hydroxylation is 1. The summed E-state index contributed by atoms with van der Waals surface area (Å²) in [6.45, 7) is 6.15. The van der Waals surface area contributed by atoms with Crippen LogP contribution >= 0.6 is 0 Å². The summed E-state index contributed by atoms with van der Waals surface area (Å²) in [5.74, 6) is -3.07.